The number of hydrogen-bond donors (Lipinski definition) is 1. The largest absolute Gasteiger partial charge is 0.351 e. The molecule has 0 aromatic carbocycles. The Labute approximate surface area is 90.5 Å². The molecular weight excluding hydrogens is 196 g/mol. The first-order chi connectivity index (χ1) is 7.22. The minimum Gasteiger partial charge on any atom is -0.351 e. The van der Waals surface area contributed by atoms with Crippen molar-refractivity contribution in [3.63, 3.8) is 0 Å². The van der Waals surface area contributed by atoms with E-state index in [9.17, 15) is 4.79 Å². The highest BCUT2D eigenvalue weighted by molar-refractivity contribution is 5.78. The van der Waals surface area contributed by atoms with Crippen molar-refractivity contribution < 1.29 is 19.7 Å². The summed E-state index contributed by atoms with van der Waals surface area (Å²) in [6.07, 6.45) is 5.98. The average molecular weight is 216 g/mol. The first-order valence-corrected chi connectivity index (χ1v) is 5.62. The van der Waals surface area contributed by atoms with E-state index in [2.05, 4.69) is 4.89 Å². The zero-order chi connectivity index (χ0) is 11.1. The van der Waals surface area contributed by atoms with E-state index in [0.29, 0.717) is 31.5 Å². The van der Waals surface area contributed by atoms with Gasteiger partial charge in [-0.15, -0.1) is 0 Å². The van der Waals surface area contributed by atoms with Gasteiger partial charge < -0.3 is 4.74 Å². The minimum atomic E-state index is -0.847. The number of rotatable bonds is 2. The molecule has 88 valence electrons. The molecule has 1 aliphatic rings. The highest BCUT2D eigenvalue weighted by Crippen LogP contribution is 2.27. The van der Waals surface area contributed by atoms with Crippen molar-refractivity contribution in [3.8, 4) is 0 Å². The standard InChI is InChI=1S/C11H20O4/c1-14-11(15-13)8-4-2-6-10(12)7-3-5-9-11/h13H,2-9H2,1H3. The lowest BCUT2D eigenvalue weighted by Crippen LogP contribution is -2.34. The van der Waals surface area contributed by atoms with Crippen molar-refractivity contribution in [2.45, 2.75) is 57.2 Å². The van der Waals surface area contributed by atoms with E-state index in [1.165, 1.54) is 0 Å². The lowest BCUT2D eigenvalue weighted by Gasteiger charge is -2.29. The number of ketones is 1. The van der Waals surface area contributed by atoms with E-state index < -0.39 is 5.79 Å². The summed E-state index contributed by atoms with van der Waals surface area (Å²) >= 11 is 0. The third-order valence-corrected chi connectivity index (χ3v) is 3.06. The predicted molar refractivity (Wildman–Crippen MR) is 55.4 cm³/mol. The fourth-order valence-electron chi connectivity index (χ4n) is 2.02. The average Bonchev–Trinajstić information content (AvgIpc) is 2.28. The SMILES string of the molecule is COC1(OO)CCCCC(=O)CCCC1. The van der Waals surface area contributed by atoms with Crippen LogP contribution >= 0.6 is 0 Å². The van der Waals surface area contributed by atoms with Crippen molar-refractivity contribution in [1.82, 2.24) is 0 Å². The molecule has 0 aliphatic heterocycles. The van der Waals surface area contributed by atoms with E-state index in [-0.39, 0.29) is 0 Å². The molecule has 0 bridgehead atoms. The zero-order valence-electron chi connectivity index (χ0n) is 9.33. The first kappa shape index (κ1) is 12.6. The monoisotopic (exact) mass is 216 g/mol. The summed E-state index contributed by atoms with van der Waals surface area (Å²) in [4.78, 5) is 15.8. The Balaban J connectivity index is 2.50. The van der Waals surface area contributed by atoms with Gasteiger partial charge in [0.25, 0.3) is 0 Å². The fourth-order valence-corrected chi connectivity index (χ4v) is 2.02. The van der Waals surface area contributed by atoms with Crippen LogP contribution in [-0.2, 0) is 14.4 Å². The number of carbonyl (C=O) groups is 1. The maximum Gasteiger partial charge on any atom is 0.201 e. The molecule has 4 nitrogen and oxygen atoms in total. The molecule has 15 heavy (non-hydrogen) atoms. The van der Waals surface area contributed by atoms with Crippen LogP contribution in [0.15, 0.2) is 0 Å². The Bertz CT molecular complexity index is 183. The Morgan fingerprint density at radius 1 is 1.13 bits per heavy atom. The van der Waals surface area contributed by atoms with Crippen LogP contribution < -0.4 is 0 Å². The lowest BCUT2D eigenvalue weighted by molar-refractivity contribution is -0.403. The quantitative estimate of drug-likeness (QED) is 0.438. The summed E-state index contributed by atoms with van der Waals surface area (Å²) in [5.41, 5.74) is 0. The van der Waals surface area contributed by atoms with E-state index in [4.69, 9.17) is 9.99 Å². The Kier molecular flexibility index (Phi) is 5.22. The normalized spacial score (nSPS) is 23.7. The van der Waals surface area contributed by atoms with Crippen LogP contribution in [0.25, 0.3) is 0 Å². The van der Waals surface area contributed by atoms with E-state index in [1.54, 1.807) is 7.11 Å². The number of methoxy groups -OCH3 is 1. The molecule has 0 spiro atoms. The van der Waals surface area contributed by atoms with Crippen molar-refractivity contribution in [2.75, 3.05) is 7.11 Å². The van der Waals surface area contributed by atoms with E-state index >= 15 is 0 Å². The zero-order valence-corrected chi connectivity index (χ0v) is 9.33. The van der Waals surface area contributed by atoms with Crippen molar-refractivity contribution in [3.05, 3.63) is 0 Å². The van der Waals surface area contributed by atoms with Gasteiger partial charge >= 0.3 is 0 Å². The van der Waals surface area contributed by atoms with Crippen LogP contribution in [0.4, 0.5) is 0 Å². The highest BCUT2D eigenvalue weighted by Gasteiger charge is 2.31. The molecule has 1 aliphatic carbocycles. The molecule has 1 saturated carbocycles. The minimum absolute atomic E-state index is 0.352. The van der Waals surface area contributed by atoms with Crippen molar-refractivity contribution in [1.29, 1.82) is 0 Å². The molecule has 0 unspecified atom stereocenters. The molecule has 0 aromatic heterocycles. The number of Topliss-reactive ketones (excluding diaryl/α,β-unsaturated/α-hetero) is 1. The third kappa shape index (κ3) is 3.89. The number of hydrogen-bond acceptors (Lipinski definition) is 4. The molecule has 0 atom stereocenters. The van der Waals surface area contributed by atoms with Gasteiger partial charge in [0.05, 0.1) is 0 Å². The molecule has 0 heterocycles. The van der Waals surface area contributed by atoms with Gasteiger partial charge in [0.1, 0.15) is 5.78 Å². The van der Waals surface area contributed by atoms with Gasteiger partial charge in [-0.25, -0.2) is 10.1 Å². The Morgan fingerprint density at radius 2 is 1.67 bits per heavy atom. The summed E-state index contributed by atoms with van der Waals surface area (Å²) < 4.78 is 5.23. The van der Waals surface area contributed by atoms with Gasteiger partial charge in [-0.2, -0.15) is 0 Å². The van der Waals surface area contributed by atoms with Gasteiger partial charge in [0.15, 0.2) is 0 Å². The van der Waals surface area contributed by atoms with Gasteiger partial charge in [-0.1, -0.05) is 0 Å². The topological polar surface area (TPSA) is 55.8 Å². The third-order valence-electron chi connectivity index (χ3n) is 3.06. The summed E-state index contributed by atoms with van der Waals surface area (Å²) in [6.45, 7) is 0. The predicted octanol–water partition coefficient (Wildman–Crippen LogP) is 2.52. The molecule has 0 saturated heterocycles. The van der Waals surface area contributed by atoms with Crippen LogP contribution in [0.1, 0.15) is 51.4 Å². The Morgan fingerprint density at radius 3 is 2.07 bits per heavy atom. The fraction of sp³-hybridized carbons (Fsp3) is 0.909. The molecule has 1 fully saturated rings. The van der Waals surface area contributed by atoms with Crippen LogP contribution in [0.5, 0.6) is 0 Å². The molecule has 4 heteroatoms. The first-order valence-electron chi connectivity index (χ1n) is 5.62. The van der Waals surface area contributed by atoms with Gasteiger partial charge in [-0.3, -0.25) is 4.79 Å². The lowest BCUT2D eigenvalue weighted by atomic mass is 9.96. The van der Waals surface area contributed by atoms with Crippen LogP contribution in [0.2, 0.25) is 0 Å². The van der Waals surface area contributed by atoms with Crippen LogP contribution in [0, 0.1) is 0 Å². The van der Waals surface area contributed by atoms with Crippen molar-refractivity contribution >= 4 is 5.78 Å². The maximum atomic E-state index is 11.3. The summed E-state index contributed by atoms with van der Waals surface area (Å²) in [6, 6.07) is 0. The molecule has 0 aromatic rings. The molecular formula is C11H20O4. The summed E-state index contributed by atoms with van der Waals surface area (Å²) in [5, 5.41) is 8.88. The summed E-state index contributed by atoms with van der Waals surface area (Å²) in [5.74, 6) is -0.495. The van der Waals surface area contributed by atoms with Crippen molar-refractivity contribution in [2.24, 2.45) is 0 Å². The number of ether oxygens (including phenoxy) is 1. The van der Waals surface area contributed by atoms with E-state index in [0.717, 1.165) is 25.7 Å². The van der Waals surface area contributed by atoms with Crippen LogP contribution in [-0.4, -0.2) is 23.9 Å². The van der Waals surface area contributed by atoms with E-state index in [1.807, 2.05) is 0 Å². The summed E-state index contributed by atoms with van der Waals surface area (Å²) in [7, 11) is 1.55. The van der Waals surface area contributed by atoms with Gasteiger partial charge in [0.2, 0.25) is 5.79 Å². The molecule has 0 radical (unpaired) electrons. The van der Waals surface area contributed by atoms with Gasteiger partial charge in [-0.05, 0) is 25.7 Å². The second-order valence-electron chi connectivity index (χ2n) is 4.16. The van der Waals surface area contributed by atoms with Gasteiger partial charge in [0, 0.05) is 32.8 Å². The molecule has 1 rings (SSSR count). The molecule has 1 N–H and O–H groups in total. The highest BCUT2D eigenvalue weighted by atomic mass is 17.1. The second kappa shape index (κ2) is 6.20. The molecule has 0 amide bonds. The Hall–Kier alpha value is -0.450. The second-order valence-corrected chi connectivity index (χ2v) is 4.16. The van der Waals surface area contributed by atoms with Crippen LogP contribution in [0.3, 0.4) is 0 Å². The smallest absolute Gasteiger partial charge is 0.201 e. The maximum absolute atomic E-state index is 11.3. The number of carbonyl (C=O) groups excluding carboxylic acids is 1.